The predicted molar refractivity (Wildman–Crippen MR) is 71.1 cm³/mol. The van der Waals surface area contributed by atoms with Crippen molar-refractivity contribution in [3.8, 4) is 5.75 Å². The number of hydrogen-bond acceptors (Lipinski definition) is 4. The van der Waals surface area contributed by atoms with Gasteiger partial charge in [-0.15, -0.1) is 0 Å². The van der Waals surface area contributed by atoms with Crippen LogP contribution in [-0.2, 0) is 7.05 Å². The van der Waals surface area contributed by atoms with E-state index in [1.165, 1.54) is 18.0 Å². The first kappa shape index (κ1) is 13.6. The molecule has 20 heavy (non-hydrogen) atoms. The van der Waals surface area contributed by atoms with E-state index in [4.69, 9.17) is 9.84 Å². The zero-order chi connectivity index (χ0) is 14.7. The lowest BCUT2D eigenvalue weighted by Gasteiger charge is -2.07. The zero-order valence-corrected chi connectivity index (χ0v) is 11.0. The number of hydrogen-bond donors (Lipinski definition) is 2. The first-order valence-electron chi connectivity index (χ1n) is 5.73. The van der Waals surface area contributed by atoms with Crippen molar-refractivity contribution in [3.63, 3.8) is 0 Å². The average molecular weight is 275 g/mol. The van der Waals surface area contributed by atoms with Gasteiger partial charge in [-0.05, 0) is 24.3 Å². The lowest BCUT2D eigenvalue weighted by molar-refractivity contribution is 0.0698. The van der Waals surface area contributed by atoms with Gasteiger partial charge in [0.25, 0.3) is 5.91 Å². The number of carboxylic acids is 1. The number of methoxy groups -OCH3 is 1. The third-order valence-electron chi connectivity index (χ3n) is 2.75. The number of anilines is 1. The minimum Gasteiger partial charge on any atom is -0.497 e. The van der Waals surface area contributed by atoms with E-state index in [1.54, 1.807) is 31.3 Å². The highest BCUT2D eigenvalue weighted by Crippen LogP contribution is 2.16. The standard InChI is InChI=1S/C13H13N3O4/c1-16-11(10(7-14-16)13(18)19)15-12(17)8-3-5-9(20-2)6-4-8/h3-7H,1-2H3,(H,15,17)(H,18,19). The van der Waals surface area contributed by atoms with Gasteiger partial charge in [0.15, 0.2) is 0 Å². The summed E-state index contributed by atoms with van der Waals surface area (Å²) < 4.78 is 6.30. The molecule has 0 atom stereocenters. The van der Waals surface area contributed by atoms with E-state index in [2.05, 4.69) is 10.4 Å². The highest BCUT2D eigenvalue weighted by molar-refractivity contribution is 6.07. The molecule has 7 heteroatoms. The van der Waals surface area contributed by atoms with Gasteiger partial charge in [0.05, 0.1) is 13.3 Å². The maximum Gasteiger partial charge on any atom is 0.341 e. The van der Waals surface area contributed by atoms with E-state index in [0.29, 0.717) is 11.3 Å². The molecule has 0 saturated carbocycles. The van der Waals surface area contributed by atoms with E-state index in [1.807, 2.05) is 0 Å². The number of aromatic nitrogens is 2. The highest BCUT2D eigenvalue weighted by atomic mass is 16.5. The van der Waals surface area contributed by atoms with Crippen LogP contribution in [0.4, 0.5) is 5.82 Å². The van der Waals surface area contributed by atoms with Crippen LogP contribution < -0.4 is 10.1 Å². The summed E-state index contributed by atoms with van der Waals surface area (Å²) in [6.07, 6.45) is 1.19. The molecule has 1 aromatic carbocycles. The van der Waals surface area contributed by atoms with Crippen molar-refractivity contribution >= 4 is 17.7 Å². The predicted octanol–water partition coefficient (Wildman–Crippen LogP) is 1.38. The third kappa shape index (κ3) is 2.61. The smallest absolute Gasteiger partial charge is 0.341 e. The van der Waals surface area contributed by atoms with Gasteiger partial charge in [0.2, 0.25) is 0 Å². The molecule has 1 heterocycles. The Morgan fingerprint density at radius 2 is 1.95 bits per heavy atom. The monoisotopic (exact) mass is 275 g/mol. The minimum absolute atomic E-state index is 0.0608. The van der Waals surface area contributed by atoms with Gasteiger partial charge in [0, 0.05) is 12.6 Å². The first-order valence-corrected chi connectivity index (χ1v) is 5.73. The molecule has 7 nitrogen and oxygen atoms in total. The Balaban J connectivity index is 2.23. The van der Waals surface area contributed by atoms with E-state index in [-0.39, 0.29) is 11.4 Å². The number of benzene rings is 1. The molecule has 2 aromatic rings. The number of nitrogens with one attached hydrogen (secondary N) is 1. The molecule has 104 valence electrons. The van der Waals surface area contributed by atoms with E-state index in [0.717, 1.165) is 0 Å². The molecule has 2 rings (SSSR count). The Kier molecular flexibility index (Phi) is 3.69. The van der Waals surface area contributed by atoms with E-state index >= 15 is 0 Å². The summed E-state index contributed by atoms with van der Waals surface area (Å²) in [5.41, 5.74) is 0.331. The lowest BCUT2D eigenvalue weighted by atomic mass is 10.2. The number of ether oxygens (including phenoxy) is 1. The van der Waals surface area contributed by atoms with Crippen LogP contribution in [0.15, 0.2) is 30.5 Å². The largest absolute Gasteiger partial charge is 0.497 e. The van der Waals surface area contributed by atoms with Crippen molar-refractivity contribution in [2.45, 2.75) is 0 Å². The van der Waals surface area contributed by atoms with Gasteiger partial charge in [-0.25, -0.2) is 4.79 Å². The number of carbonyl (C=O) groups is 2. The zero-order valence-electron chi connectivity index (χ0n) is 11.0. The van der Waals surface area contributed by atoms with E-state index in [9.17, 15) is 9.59 Å². The minimum atomic E-state index is -1.15. The number of amides is 1. The van der Waals surface area contributed by atoms with Gasteiger partial charge < -0.3 is 15.2 Å². The normalized spacial score (nSPS) is 10.1. The molecular weight excluding hydrogens is 262 g/mol. The topological polar surface area (TPSA) is 93.4 Å². The molecule has 0 aliphatic carbocycles. The van der Waals surface area contributed by atoms with Crippen LogP contribution in [-0.4, -0.2) is 33.9 Å². The van der Waals surface area contributed by atoms with Crippen molar-refractivity contribution in [3.05, 3.63) is 41.6 Å². The van der Waals surface area contributed by atoms with Crippen molar-refractivity contribution < 1.29 is 19.4 Å². The first-order chi connectivity index (χ1) is 9.52. The Morgan fingerprint density at radius 3 is 2.50 bits per heavy atom. The third-order valence-corrected chi connectivity index (χ3v) is 2.75. The summed E-state index contributed by atoms with van der Waals surface area (Å²) in [5.74, 6) is -0.798. The molecule has 0 unspecified atom stereocenters. The fourth-order valence-corrected chi connectivity index (χ4v) is 1.66. The maximum atomic E-state index is 12.1. The molecular formula is C13H13N3O4. The summed E-state index contributed by atoms with van der Waals surface area (Å²) in [5, 5.41) is 15.4. The van der Waals surface area contributed by atoms with Crippen LogP contribution in [0.25, 0.3) is 0 Å². The summed E-state index contributed by atoms with van der Waals surface area (Å²) in [6, 6.07) is 6.47. The van der Waals surface area contributed by atoms with Crippen molar-refractivity contribution in [1.29, 1.82) is 0 Å². The van der Waals surface area contributed by atoms with Gasteiger partial charge in [0.1, 0.15) is 17.1 Å². The quantitative estimate of drug-likeness (QED) is 0.879. The highest BCUT2D eigenvalue weighted by Gasteiger charge is 2.17. The molecule has 1 aromatic heterocycles. The Morgan fingerprint density at radius 1 is 1.30 bits per heavy atom. The van der Waals surface area contributed by atoms with Gasteiger partial charge in [-0.2, -0.15) is 5.10 Å². The van der Waals surface area contributed by atoms with Gasteiger partial charge >= 0.3 is 5.97 Å². The summed E-state index contributed by atoms with van der Waals surface area (Å²) in [7, 11) is 3.08. The summed E-state index contributed by atoms with van der Waals surface area (Å²) in [6.45, 7) is 0. The number of aryl methyl sites for hydroxylation is 1. The molecule has 1 amide bonds. The Hall–Kier alpha value is -2.83. The van der Waals surface area contributed by atoms with E-state index < -0.39 is 11.9 Å². The van der Waals surface area contributed by atoms with Crippen LogP contribution in [0, 0.1) is 0 Å². The molecule has 0 bridgehead atoms. The summed E-state index contributed by atoms with van der Waals surface area (Å²) >= 11 is 0. The number of carbonyl (C=O) groups excluding carboxylic acids is 1. The fourth-order valence-electron chi connectivity index (χ4n) is 1.66. The number of carboxylic acid groups (broad SMARTS) is 1. The Bertz CT molecular complexity index is 646. The summed E-state index contributed by atoms with van der Waals surface area (Å²) in [4.78, 5) is 23.1. The second kappa shape index (κ2) is 5.43. The average Bonchev–Trinajstić information content (AvgIpc) is 2.80. The van der Waals surface area contributed by atoms with Crippen molar-refractivity contribution in [1.82, 2.24) is 9.78 Å². The lowest BCUT2D eigenvalue weighted by Crippen LogP contribution is -2.16. The molecule has 2 N–H and O–H groups in total. The van der Waals surface area contributed by atoms with Crippen LogP contribution in [0.5, 0.6) is 5.75 Å². The van der Waals surface area contributed by atoms with Crippen molar-refractivity contribution in [2.24, 2.45) is 7.05 Å². The van der Waals surface area contributed by atoms with Crippen LogP contribution in [0.3, 0.4) is 0 Å². The fraction of sp³-hybridized carbons (Fsp3) is 0.154. The molecule has 0 aliphatic heterocycles. The molecule has 0 saturated heterocycles. The van der Waals surface area contributed by atoms with Crippen LogP contribution in [0.2, 0.25) is 0 Å². The SMILES string of the molecule is COc1ccc(C(=O)Nc2c(C(=O)O)cnn2C)cc1. The van der Waals surface area contributed by atoms with Crippen molar-refractivity contribution in [2.75, 3.05) is 12.4 Å². The van der Waals surface area contributed by atoms with Crippen LogP contribution in [0.1, 0.15) is 20.7 Å². The van der Waals surface area contributed by atoms with Gasteiger partial charge in [-0.1, -0.05) is 0 Å². The maximum absolute atomic E-state index is 12.1. The number of rotatable bonds is 4. The second-order valence-corrected chi connectivity index (χ2v) is 4.02. The molecule has 0 spiro atoms. The number of nitrogens with zero attached hydrogens (tertiary/aromatic N) is 2. The second-order valence-electron chi connectivity index (χ2n) is 4.02. The molecule has 0 fully saturated rings. The van der Waals surface area contributed by atoms with Gasteiger partial charge in [-0.3, -0.25) is 9.48 Å². The molecule has 0 aliphatic rings. The van der Waals surface area contributed by atoms with Crippen LogP contribution >= 0.6 is 0 Å². The molecule has 0 radical (unpaired) electrons. The Labute approximate surface area is 114 Å². The number of aromatic carboxylic acids is 1.